The van der Waals surface area contributed by atoms with E-state index in [2.05, 4.69) is 4.74 Å². The van der Waals surface area contributed by atoms with Gasteiger partial charge in [-0.3, -0.25) is 4.79 Å². The van der Waals surface area contributed by atoms with Gasteiger partial charge in [0.2, 0.25) is 0 Å². The van der Waals surface area contributed by atoms with Crippen molar-refractivity contribution in [1.29, 1.82) is 0 Å². The summed E-state index contributed by atoms with van der Waals surface area (Å²) in [6.45, 7) is 1.36. The van der Waals surface area contributed by atoms with Gasteiger partial charge in [0.1, 0.15) is 5.75 Å². The molecule has 0 bridgehead atoms. The van der Waals surface area contributed by atoms with Crippen LogP contribution in [0.5, 0.6) is 5.75 Å². The second kappa shape index (κ2) is 4.63. The molecule has 0 heterocycles. The zero-order valence-corrected chi connectivity index (χ0v) is 7.76. The lowest BCUT2D eigenvalue weighted by Gasteiger charge is -2.02. The Hall–Kier alpha value is -1.78. The van der Waals surface area contributed by atoms with Crippen molar-refractivity contribution in [2.24, 2.45) is 0 Å². The van der Waals surface area contributed by atoms with Gasteiger partial charge in [-0.05, 0) is 31.2 Å². The molecule has 2 nitrogen and oxygen atoms in total. The standard InChI is InChI=1S/C10H7F3O2/c1-6(14)7-2-4-8(5-3-7)15-10(13)9(11)12/h2-5H,1H3. The van der Waals surface area contributed by atoms with Crippen LogP contribution in [0.25, 0.3) is 0 Å². The van der Waals surface area contributed by atoms with Gasteiger partial charge in [-0.2, -0.15) is 13.2 Å². The molecule has 0 amide bonds. The maximum absolute atomic E-state index is 12.3. The number of ether oxygens (including phenoxy) is 1. The summed E-state index contributed by atoms with van der Waals surface area (Å²) < 4.78 is 39.8. The summed E-state index contributed by atoms with van der Waals surface area (Å²) in [6.07, 6.45) is -2.52. The van der Waals surface area contributed by atoms with Crippen LogP contribution in [-0.4, -0.2) is 5.78 Å². The molecule has 15 heavy (non-hydrogen) atoms. The zero-order chi connectivity index (χ0) is 11.4. The topological polar surface area (TPSA) is 26.3 Å². The van der Waals surface area contributed by atoms with Crippen molar-refractivity contribution in [3.05, 3.63) is 41.9 Å². The number of rotatable bonds is 3. The maximum atomic E-state index is 12.3. The van der Waals surface area contributed by atoms with Crippen molar-refractivity contribution in [3.63, 3.8) is 0 Å². The summed E-state index contributed by atoms with van der Waals surface area (Å²) in [5, 5.41) is 0. The van der Waals surface area contributed by atoms with Crippen LogP contribution in [-0.2, 0) is 0 Å². The number of carbonyl (C=O) groups excluding carboxylic acids is 1. The summed E-state index contributed by atoms with van der Waals surface area (Å²) >= 11 is 0. The summed E-state index contributed by atoms with van der Waals surface area (Å²) in [4.78, 5) is 10.8. The largest absolute Gasteiger partial charge is 0.428 e. The van der Waals surface area contributed by atoms with E-state index in [4.69, 9.17) is 0 Å². The highest BCUT2D eigenvalue weighted by atomic mass is 19.3. The third kappa shape index (κ3) is 3.12. The average molecular weight is 216 g/mol. The molecular formula is C10H7F3O2. The molecule has 0 fully saturated rings. The normalized spacial score (nSPS) is 9.60. The van der Waals surface area contributed by atoms with E-state index >= 15 is 0 Å². The summed E-state index contributed by atoms with van der Waals surface area (Å²) in [6, 6.07) is 3.26. The van der Waals surface area contributed by atoms with E-state index in [0.717, 1.165) is 0 Å². The Balaban J connectivity index is 2.82. The van der Waals surface area contributed by atoms with Crippen LogP contribution >= 0.6 is 0 Å². The molecule has 0 saturated heterocycles. The van der Waals surface area contributed by atoms with Crippen molar-refractivity contribution in [1.82, 2.24) is 0 Å². The van der Waals surface area contributed by atoms with Gasteiger partial charge in [-0.15, -0.1) is 0 Å². The minimum absolute atomic E-state index is 0.0923. The van der Waals surface area contributed by atoms with Crippen molar-refractivity contribution < 1.29 is 22.7 Å². The fourth-order valence-electron chi connectivity index (χ4n) is 0.900. The van der Waals surface area contributed by atoms with Gasteiger partial charge in [0, 0.05) is 5.56 Å². The smallest absolute Gasteiger partial charge is 0.344 e. The van der Waals surface area contributed by atoms with Gasteiger partial charge in [-0.25, -0.2) is 0 Å². The molecule has 0 aliphatic rings. The predicted molar refractivity (Wildman–Crippen MR) is 47.4 cm³/mol. The molecule has 0 spiro atoms. The average Bonchev–Trinajstić information content (AvgIpc) is 2.18. The Kier molecular flexibility index (Phi) is 3.49. The molecule has 0 radical (unpaired) electrons. The number of benzene rings is 1. The SMILES string of the molecule is CC(=O)c1ccc(OC(F)=C(F)F)cc1. The van der Waals surface area contributed by atoms with E-state index in [1.807, 2.05) is 0 Å². The van der Waals surface area contributed by atoms with Crippen LogP contribution in [0, 0.1) is 0 Å². The molecule has 0 atom stereocenters. The van der Waals surface area contributed by atoms with Gasteiger partial charge >= 0.3 is 12.1 Å². The molecule has 1 rings (SSSR count). The maximum Gasteiger partial charge on any atom is 0.344 e. The highest BCUT2D eigenvalue weighted by molar-refractivity contribution is 5.94. The van der Waals surface area contributed by atoms with Crippen LogP contribution in [0.3, 0.4) is 0 Å². The second-order valence-corrected chi connectivity index (χ2v) is 2.72. The number of ketones is 1. The Labute approximate surface area is 84.0 Å². The number of hydrogen-bond acceptors (Lipinski definition) is 2. The molecular weight excluding hydrogens is 209 g/mol. The quantitative estimate of drug-likeness (QED) is 0.572. The Morgan fingerprint density at radius 1 is 1.13 bits per heavy atom. The van der Waals surface area contributed by atoms with Crippen molar-refractivity contribution in [2.45, 2.75) is 6.92 Å². The third-order valence-electron chi connectivity index (χ3n) is 1.62. The Bertz CT molecular complexity index is 392. The van der Waals surface area contributed by atoms with Crippen molar-refractivity contribution in [2.75, 3.05) is 0 Å². The van der Waals surface area contributed by atoms with Crippen LogP contribution < -0.4 is 4.74 Å². The van der Waals surface area contributed by atoms with Gasteiger partial charge < -0.3 is 4.74 Å². The van der Waals surface area contributed by atoms with Gasteiger partial charge in [0.05, 0.1) is 0 Å². The molecule has 1 aromatic rings. The fraction of sp³-hybridized carbons (Fsp3) is 0.100. The number of carbonyl (C=O) groups is 1. The molecule has 0 unspecified atom stereocenters. The van der Waals surface area contributed by atoms with Gasteiger partial charge in [0.15, 0.2) is 5.78 Å². The highest BCUT2D eigenvalue weighted by Crippen LogP contribution is 2.18. The van der Waals surface area contributed by atoms with E-state index in [0.29, 0.717) is 5.56 Å². The lowest BCUT2D eigenvalue weighted by Crippen LogP contribution is -1.93. The molecule has 80 valence electrons. The first-order chi connectivity index (χ1) is 7.00. The number of hydrogen-bond donors (Lipinski definition) is 0. The summed E-state index contributed by atoms with van der Waals surface area (Å²) in [5.74, 6) is -0.264. The molecule has 5 heteroatoms. The van der Waals surface area contributed by atoms with Crippen LogP contribution in [0.4, 0.5) is 13.2 Å². The lowest BCUT2D eigenvalue weighted by molar-refractivity contribution is 0.101. The number of Topliss-reactive ketones (excluding diaryl/α,β-unsaturated/α-hetero) is 1. The highest BCUT2D eigenvalue weighted by Gasteiger charge is 2.07. The first-order valence-electron chi connectivity index (χ1n) is 4.00. The number of halogens is 3. The molecule has 0 aromatic heterocycles. The minimum Gasteiger partial charge on any atom is -0.428 e. The third-order valence-corrected chi connectivity index (χ3v) is 1.62. The molecule has 0 saturated carbocycles. The molecule has 0 aliphatic carbocycles. The van der Waals surface area contributed by atoms with Crippen LogP contribution in [0.2, 0.25) is 0 Å². The summed E-state index contributed by atoms with van der Waals surface area (Å²) in [7, 11) is 0. The fourth-order valence-corrected chi connectivity index (χ4v) is 0.900. The van der Waals surface area contributed by atoms with E-state index in [1.165, 1.54) is 31.2 Å². The monoisotopic (exact) mass is 216 g/mol. The van der Waals surface area contributed by atoms with E-state index in [-0.39, 0.29) is 11.5 Å². The predicted octanol–water partition coefficient (Wildman–Crippen LogP) is 3.30. The van der Waals surface area contributed by atoms with E-state index in [9.17, 15) is 18.0 Å². The Morgan fingerprint density at radius 2 is 1.67 bits per heavy atom. The zero-order valence-electron chi connectivity index (χ0n) is 7.76. The first kappa shape index (κ1) is 11.3. The van der Waals surface area contributed by atoms with Crippen LogP contribution in [0.1, 0.15) is 17.3 Å². The minimum atomic E-state index is -2.52. The molecule has 0 aliphatic heterocycles. The summed E-state index contributed by atoms with van der Waals surface area (Å²) in [5.41, 5.74) is 0.396. The lowest BCUT2D eigenvalue weighted by atomic mass is 10.1. The molecule has 1 aromatic carbocycles. The molecule has 0 N–H and O–H groups in total. The van der Waals surface area contributed by atoms with Crippen molar-refractivity contribution >= 4 is 5.78 Å². The van der Waals surface area contributed by atoms with Gasteiger partial charge in [0.25, 0.3) is 0 Å². The van der Waals surface area contributed by atoms with Gasteiger partial charge in [-0.1, -0.05) is 0 Å². The van der Waals surface area contributed by atoms with E-state index < -0.39 is 12.1 Å². The van der Waals surface area contributed by atoms with E-state index in [1.54, 1.807) is 0 Å². The Morgan fingerprint density at radius 3 is 2.07 bits per heavy atom. The van der Waals surface area contributed by atoms with Crippen LogP contribution in [0.15, 0.2) is 36.4 Å². The second-order valence-electron chi connectivity index (χ2n) is 2.72. The first-order valence-corrected chi connectivity index (χ1v) is 4.00. The van der Waals surface area contributed by atoms with Crippen molar-refractivity contribution in [3.8, 4) is 5.75 Å².